The number of tetrazole rings is 1. The van der Waals surface area contributed by atoms with Gasteiger partial charge in [-0.05, 0) is 34.0 Å². The van der Waals surface area contributed by atoms with E-state index in [1.807, 2.05) is 47.8 Å². The number of thiophene rings is 1. The van der Waals surface area contributed by atoms with Gasteiger partial charge >= 0.3 is 5.97 Å². The number of aromatic nitrogens is 4. The van der Waals surface area contributed by atoms with E-state index in [-0.39, 0.29) is 17.9 Å². The second-order valence-electron chi connectivity index (χ2n) is 5.99. The topological polar surface area (TPSA) is 69.9 Å². The Balaban J connectivity index is 1.68. The largest absolute Gasteiger partial charge is 0.456 e. The van der Waals surface area contributed by atoms with Crippen LogP contribution in [0.4, 0.5) is 4.39 Å². The Hall–Kier alpha value is -3.65. The average molecular weight is 406 g/mol. The third-order valence-electron chi connectivity index (χ3n) is 4.08. The number of carbonyl (C=O) groups excluding carboxylic acids is 1. The Bertz CT molecular complexity index is 1140. The van der Waals surface area contributed by atoms with Gasteiger partial charge in [-0.25, -0.2) is 9.18 Å². The molecule has 0 bridgehead atoms. The van der Waals surface area contributed by atoms with Gasteiger partial charge in [0, 0.05) is 16.0 Å². The van der Waals surface area contributed by atoms with Crippen molar-refractivity contribution >= 4 is 29.1 Å². The molecule has 2 aromatic heterocycles. The zero-order valence-corrected chi connectivity index (χ0v) is 15.9. The van der Waals surface area contributed by atoms with E-state index in [2.05, 4.69) is 15.5 Å². The Morgan fingerprint density at radius 3 is 2.62 bits per heavy atom. The van der Waals surface area contributed by atoms with Gasteiger partial charge in [-0.2, -0.15) is 4.68 Å². The van der Waals surface area contributed by atoms with Crippen molar-refractivity contribution < 1.29 is 13.9 Å². The number of hydrogen-bond acceptors (Lipinski definition) is 6. The Labute approximate surface area is 169 Å². The van der Waals surface area contributed by atoms with Gasteiger partial charge in [0.05, 0.1) is 0 Å². The van der Waals surface area contributed by atoms with Gasteiger partial charge in [-0.1, -0.05) is 54.6 Å². The molecule has 0 aliphatic heterocycles. The van der Waals surface area contributed by atoms with Gasteiger partial charge < -0.3 is 4.74 Å². The molecule has 8 heteroatoms. The van der Waals surface area contributed by atoms with Gasteiger partial charge in [0.1, 0.15) is 12.4 Å². The number of halogens is 1. The molecular weight excluding hydrogens is 391 g/mol. The third kappa shape index (κ3) is 4.27. The predicted molar refractivity (Wildman–Crippen MR) is 108 cm³/mol. The van der Waals surface area contributed by atoms with Crippen LogP contribution in [0.3, 0.4) is 0 Å². The van der Waals surface area contributed by atoms with Gasteiger partial charge in [0.15, 0.2) is 11.5 Å². The molecule has 144 valence electrons. The van der Waals surface area contributed by atoms with Crippen LogP contribution in [0.5, 0.6) is 0 Å². The summed E-state index contributed by atoms with van der Waals surface area (Å²) < 4.78 is 20.6. The van der Waals surface area contributed by atoms with Crippen LogP contribution >= 0.6 is 11.3 Å². The molecule has 0 fully saturated rings. The summed E-state index contributed by atoms with van der Waals surface area (Å²) >= 11 is 1.46. The molecule has 0 N–H and O–H groups in total. The van der Waals surface area contributed by atoms with Crippen LogP contribution in [-0.2, 0) is 16.1 Å². The highest BCUT2D eigenvalue weighted by Gasteiger charge is 2.21. The van der Waals surface area contributed by atoms with Crippen LogP contribution in [0, 0.1) is 5.82 Å². The lowest BCUT2D eigenvalue weighted by Crippen LogP contribution is -2.15. The molecule has 2 heterocycles. The van der Waals surface area contributed by atoms with Crippen LogP contribution in [0.2, 0.25) is 0 Å². The van der Waals surface area contributed by atoms with Crippen molar-refractivity contribution in [3.8, 4) is 11.4 Å². The first-order valence-electron chi connectivity index (χ1n) is 8.72. The molecular formula is C21H15FN4O2S. The maximum absolute atomic E-state index is 13.9. The molecule has 4 rings (SSSR count). The van der Waals surface area contributed by atoms with Gasteiger partial charge in [0.25, 0.3) is 0 Å². The van der Waals surface area contributed by atoms with E-state index in [1.54, 1.807) is 24.3 Å². The fourth-order valence-electron chi connectivity index (χ4n) is 2.66. The molecule has 6 nitrogen and oxygen atoms in total. The van der Waals surface area contributed by atoms with Crippen molar-refractivity contribution in [2.45, 2.75) is 6.61 Å². The highest BCUT2D eigenvalue weighted by atomic mass is 32.1. The fraction of sp³-hybridized carbons (Fsp3) is 0.0476. The maximum atomic E-state index is 13.9. The molecule has 4 aromatic rings. The summed E-state index contributed by atoms with van der Waals surface area (Å²) in [7, 11) is 0. The van der Waals surface area contributed by atoms with Crippen LogP contribution < -0.4 is 0 Å². The Kier molecular flexibility index (Phi) is 5.53. The quantitative estimate of drug-likeness (QED) is 0.353. The molecule has 0 spiro atoms. The van der Waals surface area contributed by atoms with Crippen LogP contribution in [-0.4, -0.2) is 26.2 Å². The highest BCUT2D eigenvalue weighted by Crippen LogP contribution is 2.23. The van der Waals surface area contributed by atoms with Gasteiger partial charge in [-0.15, -0.1) is 16.4 Å². The van der Waals surface area contributed by atoms with Crippen molar-refractivity contribution in [2.24, 2.45) is 0 Å². The number of benzene rings is 2. The molecule has 0 amide bonds. The summed E-state index contributed by atoms with van der Waals surface area (Å²) in [4.78, 5) is 13.7. The zero-order chi connectivity index (χ0) is 20.1. The molecule has 0 saturated carbocycles. The summed E-state index contributed by atoms with van der Waals surface area (Å²) in [5.41, 5.74) is 1.17. The zero-order valence-electron chi connectivity index (χ0n) is 15.1. The smallest absolute Gasteiger partial charge is 0.357 e. The summed E-state index contributed by atoms with van der Waals surface area (Å²) in [5.74, 6) is -0.695. The van der Waals surface area contributed by atoms with E-state index in [4.69, 9.17) is 4.74 Å². The fourth-order valence-corrected chi connectivity index (χ4v) is 3.32. The molecule has 0 aliphatic carbocycles. The minimum absolute atomic E-state index is 0.132. The monoisotopic (exact) mass is 406 g/mol. The van der Waals surface area contributed by atoms with E-state index < -0.39 is 11.8 Å². The second kappa shape index (κ2) is 8.57. The number of nitrogens with zero attached hydrogens (tertiary/aromatic N) is 4. The first-order chi connectivity index (χ1) is 14.2. The first-order valence-corrected chi connectivity index (χ1v) is 9.60. The maximum Gasteiger partial charge on any atom is 0.357 e. The molecule has 0 atom stereocenters. The third-order valence-corrected chi connectivity index (χ3v) is 4.90. The van der Waals surface area contributed by atoms with Crippen LogP contribution in [0.15, 0.2) is 72.1 Å². The van der Waals surface area contributed by atoms with Crippen LogP contribution in [0.25, 0.3) is 23.2 Å². The summed E-state index contributed by atoms with van der Waals surface area (Å²) in [5, 5.41) is 13.6. The first kappa shape index (κ1) is 18.7. The Morgan fingerprint density at radius 2 is 1.86 bits per heavy atom. The van der Waals surface area contributed by atoms with Gasteiger partial charge in [0.2, 0.25) is 0 Å². The van der Waals surface area contributed by atoms with Crippen molar-refractivity contribution in [3.05, 3.63) is 88.4 Å². The lowest BCUT2D eigenvalue weighted by molar-refractivity contribution is -0.138. The molecule has 29 heavy (non-hydrogen) atoms. The van der Waals surface area contributed by atoms with Crippen molar-refractivity contribution in [1.29, 1.82) is 0 Å². The molecule has 2 aromatic carbocycles. The minimum atomic E-state index is -0.661. The van der Waals surface area contributed by atoms with Crippen LogP contribution in [0.1, 0.15) is 10.4 Å². The standard InChI is InChI=1S/C21H15FN4O2S/c22-18-11-5-4-9-16(18)14-28-21(27)19(13-17-10-6-12-29-17)26-20(23-24-25-26)15-7-2-1-3-8-15/h1-13H,14H2/b19-13-. The van der Waals surface area contributed by atoms with E-state index in [0.717, 1.165) is 10.4 Å². The number of hydrogen-bond donors (Lipinski definition) is 0. The normalized spacial score (nSPS) is 11.4. The lowest BCUT2D eigenvalue weighted by Gasteiger charge is -2.10. The molecule has 0 aliphatic rings. The number of rotatable bonds is 6. The Morgan fingerprint density at radius 1 is 1.07 bits per heavy atom. The minimum Gasteiger partial charge on any atom is -0.456 e. The number of esters is 1. The van der Waals surface area contributed by atoms with Crippen molar-refractivity contribution in [3.63, 3.8) is 0 Å². The van der Waals surface area contributed by atoms with Crippen molar-refractivity contribution in [2.75, 3.05) is 0 Å². The van der Waals surface area contributed by atoms with E-state index >= 15 is 0 Å². The summed E-state index contributed by atoms with van der Waals surface area (Å²) in [6, 6.07) is 19.2. The summed E-state index contributed by atoms with van der Waals surface area (Å²) in [6.45, 7) is -0.198. The average Bonchev–Trinajstić information content (AvgIpc) is 3.44. The van der Waals surface area contributed by atoms with Gasteiger partial charge in [-0.3, -0.25) is 0 Å². The SMILES string of the molecule is O=C(OCc1ccccc1F)/C(=C/c1cccs1)n1nnnc1-c1ccccc1. The molecule has 0 radical (unpaired) electrons. The molecule has 0 saturated heterocycles. The number of carbonyl (C=O) groups is 1. The van der Waals surface area contributed by atoms with E-state index in [9.17, 15) is 9.18 Å². The number of ether oxygens (including phenoxy) is 1. The van der Waals surface area contributed by atoms with E-state index in [1.165, 1.54) is 22.1 Å². The van der Waals surface area contributed by atoms with Crippen molar-refractivity contribution in [1.82, 2.24) is 20.2 Å². The summed E-state index contributed by atoms with van der Waals surface area (Å²) in [6.07, 6.45) is 1.65. The second-order valence-corrected chi connectivity index (χ2v) is 6.97. The molecule has 0 unspecified atom stereocenters. The lowest BCUT2D eigenvalue weighted by atomic mass is 10.2. The van der Waals surface area contributed by atoms with E-state index in [0.29, 0.717) is 5.82 Å². The highest BCUT2D eigenvalue weighted by molar-refractivity contribution is 7.10. The predicted octanol–water partition coefficient (Wildman–Crippen LogP) is 4.28.